The largest absolute Gasteiger partial charge is 0.465 e. The zero-order valence-electron chi connectivity index (χ0n) is 47.1. The minimum atomic E-state index is -1.56. The van der Waals surface area contributed by atoms with Gasteiger partial charge in [-0.2, -0.15) is 0 Å². The molecule has 0 saturated heterocycles. The Morgan fingerprint density at radius 2 is 0.662 bits per heavy atom. The van der Waals surface area contributed by atoms with Gasteiger partial charge < -0.3 is 63.1 Å². The van der Waals surface area contributed by atoms with Crippen molar-refractivity contribution in [2.45, 2.75) is 183 Å². The molecular weight excluding hydrogens is 925 g/mol. The fraction of sp³-hybridized carbons (Fsp3) is 0.906. The number of hydrogen-bond acceptors (Lipinski definition) is 18. The van der Waals surface area contributed by atoms with Gasteiger partial charge in [-0.15, -0.1) is 0 Å². The molecule has 0 saturated carbocycles. The molecule has 0 rings (SSSR count). The minimum Gasteiger partial charge on any atom is -0.465 e. The van der Waals surface area contributed by atoms with E-state index < -0.39 is 105 Å². The molecule has 4 atom stereocenters. The average Bonchev–Trinajstić information content (AvgIpc) is 3.34. The third-order valence-electron chi connectivity index (χ3n) is 14.6. The molecule has 18 nitrogen and oxygen atoms in total. The highest BCUT2D eigenvalue weighted by Crippen LogP contribution is 2.39. The number of rotatable bonds is 41. The van der Waals surface area contributed by atoms with E-state index in [4.69, 9.17) is 42.6 Å². The van der Waals surface area contributed by atoms with Gasteiger partial charge >= 0.3 is 11.9 Å². The molecule has 0 aliphatic carbocycles. The predicted molar refractivity (Wildman–Crippen MR) is 268 cm³/mol. The highest BCUT2D eigenvalue weighted by atomic mass is 16.6. The van der Waals surface area contributed by atoms with Crippen LogP contribution in [0.4, 0.5) is 0 Å². The highest BCUT2D eigenvalue weighted by molar-refractivity contribution is 5.94. The molecule has 0 radical (unpaired) electrons. The van der Waals surface area contributed by atoms with Crippen LogP contribution < -0.4 is 0 Å². The van der Waals surface area contributed by atoms with Crippen molar-refractivity contribution in [3.05, 3.63) is 0 Å². The topological polar surface area (TPSA) is 249 Å². The summed E-state index contributed by atoms with van der Waals surface area (Å²) in [6.45, 7) is 22.6. The number of methoxy groups -OCH3 is 3. The molecule has 18 heteroatoms. The van der Waals surface area contributed by atoms with E-state index in [9.17, 15) is 44.4 Å². The second-order valence-electron chi connectivity index (χ2n) is 22.1. The molecule has 0 aromatic carbocycles. The van der Waals surface area contributed by atoms with Crippen LogP contribution in [0.15, 0.2) is 0 Å². The van der Waals surface area contributed by atoms with Gasteiger partial charge in [0, 0.05) is 34.2 Å². The van der Waals surface area contributed by atoms with Crippen LogP contribution >= 0.6 is 0 Å². The van der Waals surface area contributed by atoms with Crippen LogP contribution in [0.1, 0.15) is 155 Å². The summed E-state index contributed by atoms with van der Waals surface area (Å²) < 4.78 is 53.3. The SMILES string of the molecule is CCC(CC)(OCC(C)(CO)C(=O)C(CC)(CC)OCC(C)(COC)C(=O)OC(C)(C)CCOC(C)(C)CCOC(=O)C(C)(COC)COC(CC)(CC)C(=O)C(C)(CO)COC)C(=O)C(C)(CO)CO. The smallest absolute Gasteiger partial charge is 0.317 e. The molecule has 0 aliphatic heterocycles. The summed E-state index contributed by atoms with van der Waals surface area (Å²) in [6, 6.07) is 0. The van der Waals surface area contributed by atoms with Gasteiger partial charge in [-0.25, -0.2) is 0 Å². The number of ketones is 3. The van der Waals surface area contributed by atoms with Gasteiger partial charge in [0.2, 0.25) is 0 Å². The monoisotopic (exact) mass is 1020 g/mol. The second-order valence-corrected chi connectivity index (χ2v) is 22.1. The zero-order valence-corrected chi connectivity index (χ0v) is 47.1. The quantitative estimate of drug-likeness (QED) is 0.0528. The molecule has 0 amide bonds. The molecule has 0 aliphatic rings. The van der Waals surface area contributed by atoms with Crippen molar-refractivity contribution in [1.29, 1.82) is 0 Å². The molecule has 0 aromatic rings. The molecular formula is C53H98O18. The Morgan fingerprint density at radius 3 is 1.00 bits per heavy atom. The first kappa shape index (κ1) is 68.5. The maximum atomic E-state index is 14.6. The fourth-order valence-corrected chi connectivity index (χ4v) is 8.53. The maximum absolute atomic E-state index is 14.6. The van der Waals surface area contributed by atoms with Gasteiger partial charge in [0.25, 0.3) is 0 Å². The lowest BCUT2D eigenvalue weighted by Crippen LogP contribution is -2.57. The van der Waals surface area contributed by atoms with Crippen LogP contribution in [0.5, 0.6) is 0 Å². The van der Waals surface area contributed by atoms with E-state index in [-0.39, 0.29) is 90.7 Å². The predicted octanol–water partition coefficient (Wildman–Crippen LogP) is 5.80. The van der Waals surface area contributed by atoms with Crippen molar-refractivity contribution in [2.75, 3.05) is 101 Å². The number of aliphatic hydroxyl groups is 4. The van der Waals surface area contributed by atoms with Gasteiger partial charge in [-0.3, -0.25) is 24.0 Å². The van der Waals surface area contributed by atoms with Crippen molar-refractivity contribution >= 4 is 29.3 Å². The number of esters is 2. The van der Waals surface area contributed by atoms with Gasteiger partial charge in [-0.1, -0.05) is 41.5 Å². The highest BCUT2D eigenvalue weighted by Gasteiger charge is 2.53. The fourth-order valence-electron chi connectivity index (χ4n) is 8.53. The lowest BCUT2D eigenvalue weighted by atomic mass is 9.73. The molecule has 418 valence electrons. The standard InChI is InChI=1S/C53H98O18/c1-19-51(20-2,39(58)46(11,29-54)30-55)68-36-48(13,32-57)41(60)53(23-5,24-6)70-38-50(15,35-65-18)43(62)71-45(9,10)26-28-67-44(7,8)25-27-66-42(61)49(14,34-64-17)37-69-52(21-3,22-4)40(59)47(12,31-56)33-63-16/h54-57H,19-38H2,1-18H3. The van der Waals surface area contributed by atoms with Gasteiger partial charge in [0.05, 0.1) is 101 Å². The lowest BCUT2D eigenvalue weighted by Gasteiger charge is -2.43. The molecule has 4 unspecified atom stereocenters. The van der Waals surface area contributed by atoms with Crippen molar-refractivity contribution in [3.8, 4) is 0 Å². The molecule has 71 heavy (non-hydrogen) atoms. The molecule has 0 spiro atoms. The summed E-state index contributed by atoms with van der Waals surface area (Å²) in [6.07, 6.45) is 1.93. The first-order valence-corrected chi connectivity index (χ1v) is 25.4. The normalized spacial score (nSPS) is 16.6. The number of carbonyl (C=O) groups excluding carboxylic acids is 5. The lowest BCUT2D eigenvalue weighted by molar-refractivity contribution is -0.191. The van der Waals surface area contributed by atoms with E-state index >= 15 is 0 Å². The number of carbonyl (C=O) groups is 5. The third-order valence-corrected chi connectivity index (χ3v) is 14.6. The first-order valence-electron chi connectivity index (χ1n) is 25.4. The Hall–Kier alpha value is -2.49. The summed E-state index contributed by atoms with van der Waals surface area (Å²) in [4.78, 5) is 69.8. The second kappa shape index (κ2) is 29.0. The molecule has 0 bridgehead atoms. The Morgan fingerprint density at radius 1 is 0.366 bits per heavy atom. The van der Waals surface area contributed by atoms with E-state index in [2.05, 4.69) is 0 Å². The molecule has 0 fully saturated rings. The minimum absolute atomic E-state index is 0.00200. The van der Waals surface area contributed by atoms with Crippen LogP contribution in [0.25, 0.3) is 0 Å². The summed E-state index contributed by atoms with van der Waals surface area (Å²) in [5.41, 5.74) is -13.0. The van der Waals surface area contributed by atoms with Crippen LogP contribution in [0.3, 0.4) is 0 Å². The van der Waals surface area contributed by atoms with Crippen LogP contribution in [0.2, 0.25) is 0 Å². The van der Waals surface area contributed by atoms with Gasteiger partial charge in [0.15, 0.2) is 17.3 Å². The van der Waals surface area contributed by atoms with E-state index in [1.807, 2.05) is 27.7 Å². The van der Waals surface area contributed by atoms with Crippen molar-refractivity contribution in [3.63, 3.8) is 0 Å². The van der Waals surface area contributed by atoms with Gasteiger partial charge in [0.1, 0.15) is 33.2 Å². The Labute approximate surface area is 426 Å². The molecule has 0 aromatic heterocycles. The average molecular weight is 1020 g/mol. The Balaban J connectivity index is 5.97. The maximum Gasteiger partial charge on any atom is 0.317 e. The number of aliphatic hydroxyl groups excluding tert-OH is 4. The summed E-state index contributed by atoms with van der Waals surface area (Å²) >= 11 is 0. The third kappa shape index (κ3) is 17.5. The summed E-state index contributed by atoms with van der Waals surface area (Å²) in [5, 5.41) is 40.9. The van der Waals surface area contributed by atoms with Crippen molar-refractivity contribution in [2.24, 2.45) is 27.1 Å². The number of hydrogen-bond donors (Lipinski definition) is 4. The zero-order chi connectivity index (χ0) is 55.4. The Bertz CT molecular complexity index is 1650. The summed E-state index contributed by atoms with van der Waals surface area (Å²) in [7, 11) is 4.35. The van der Waals surface area contributed by atoms with Crippen LogP contribution in [0, 0.1) is 27.1 Å². The van der Waals surface area contributed by atoms with Crippen LogP contribution in [-0.4, -0.2) is 178 Å². The van der Waals surface area contributed by atoms with E-state index in [1.165, 1.54) is 35.2 Å². The van der Waals surface area contributed by atoms with E-state index in [1.54, 1.807) is 62.3 Å². The number of Topliss-reactive ketones (excluding diaryl/α,β-unsaturated/α-hetero) is 3. The van der Waals surface area contributed by atoms with Gasteiger partial charge in [-0.05, 0) is 101 Å². The van der Waals surface area contributed by atoms with Crippen LogP contribution in [-0.2, 0) is 66.6 Å². The van der Waals surface area contributed by atoms with E-state index in [0.717, 1.165) is 0 Å². The van der Waals surface area contributed by atoms with Crippen molar-refractivity contribution in [1.82, 2.24) is 0 Å². The van der Waals surface area contributed by atoms with E-state index in [0.29, 0.717) is 19.3 Å². The molecule has 0 heterocycles. The summed E-state index contributed by atoms with van der Waals surface area (Å²) in [5.74, 6) is -2.52. The Kier molecular flexibility index (Phi) is 28.0. The molecule has 4 N–H and O–H groups in total. The number of ether oxygens (including phenoxy) is 9. The van der Waals surface area contributed by atoms with Crippen molar-refractivity contribution < 1.29 is 87.0 Å². The first-order chi connectivity index (χ1) is 32.8.